The summed E-state index contributed by atoms with van der Waals surface area (Å²) in [5, 5.41) is 0. The Balaban J connectivity index is 2.71. The first-order chi connectivity index (χ1) is 6.95. The largest absolute Gasteiger partial charge is 0.319 e. The molecule has 0 fully saturated rings. The molecule has 2 nitrogen and oxygen atoms in total. The van der Waals surface area contributed by atoms with Crippen molar-refractivity contribution in [3.05, 3.63) is 35.6 Å². The second kappa shape index (κ2) is 4.53. The summed E-state index contributed by atoms with van der Waals surface area (Å²) in [4.78, 5) is 11.7. The molecule has 82 valence electrons. The Morgan fingerprint density at radius 3 is 2.40 bits per heavy atom. The number of hydrogen-bond donors (Lipinski definition) is 1. The van der Waals surface area contributed by atoms with E-state index in [-0.39, 0.29) is 18.0 Å². The summed E-state index contributed by atoms with van der Waals surface area (Å²) in [5.41, 5.74) is 5.83. The molecule has 3 heteroatoms. The summed E-state index contributed by atoms with van der Waals surface area (Å²) in [7, 11) is 0. The van der Waals surface area contributed by atoms with E-state index in [1.165, 1.54) is 12.1 Å². The van der Waals surface area contributed by atoms with Gasteiger partial charge in [-0.1, -0.05) is 19.1 Å². The van der Waals surface area contributed by atoms with Gasteiger partial charge in [0.2, 0.25) is 0 Å². The zero-order valence-corrected chi connectivity index (χ0v) is 9.09. The minimum Gasteiger partial charge on any atom is -0.319 e. The zero-order chi connectivity index (χ0) is 11.5. The van der Waals surface area contributed by atoms with Crippen molar-refractivity contribution < 1.29 is 9.18 Å². The van der Waals surface area contributed by atoms with Crippen LogP contribution in [0.3, 0.4) is 0 Å². The fraction of sp³-hybridized carbons (Fsp3) is 0.417. The van der Waals surface area contributed by atoms with Crippen molar-refractivity contribution in [2.45, 2.75) is 32.2 Å². The van der Waals surface area contributed by atoms with E-state index < -0.39 is 5.54 Å². The van der Waals surface area contributed by atoms with Gasteiger partial charge in [-0.25, -0.2) is 4.39 Å². The molecule has 0 aliphatic rings. The maximum Gasteiger partial charge on any atom is 0.156 e. The quantitative estimate of drug-likeness (QED) is 0.824. The van der Waals surface area contributed by atoms with Gasteiger partial charge < -0.3 is 5.73 Å². The molecule has 15 heavy (non-hydrogen) atoms. The van der Waals surface area contributed by atoms with Crippen LogP contribution in [0.15, 0.2) is 24.3 Å². The van der Waals surface area contributed by atoms with Crippen molar-refractivity contribution in [2.24, 2.45) is 5.73 Å². The summed E-state index contributed by atoms with van der Waals surface area (Å²) in [6.45, 7) is 3.60. The molecule has 1 aromatic carbocycles. The van der Waals surface area contributed by atoms with E-state index in [9.17, 15) is 9.18 Å². The van der Waals surface area contributed by atoms with E-state index in [1.54, 1.807) is 19.1 Å². The molecular weight excluding hydrogens is 193 g/mol. The Hall–Kier alpha value is -1.22. The normalized spacial score (nSPS) is 14.7. The van der Waals surface area contributed by atoms with E-state index >= 15 is 0 Å². The first-order valence-corrected chi connectivity index (χ1v) is 5.02. The minimum absolute atomic E-state index is 0.0170. The molecule has 0 spiro atoms. The van der Waals surface area contributed by atoms with Gasteiger partial charge >= 0.3 is 0 Å². The highest BCUT2D eigenvalue weighted by molar-refractivity contribution is 5.89. The predicted molar refractivity (Wildman–Crippen MR) is 58.0 cm³/mol. The van der Waals surface area contributed by atoms with Crippen LogP contribution in [-0.4, -0.2) is 11.3 Å². The fourth-order valence-corrected chi connectivity index (χ4v) is 1.19. The van der Waals surface area contributed by atoms with Crippen molar-refractivity contribution >= 4 is 5.78 Å². The number of carbonyl (C=O) groups is 1. The molecule has 0 bridgehead atoms. The van der Waals surface area contributed by atoms with Crippen molar-refractivity contribution in [1.29, 1.82) is 0 Å². The average molecular weight is 209 g/mol. The zero-order valence-electron chi connectivity index (χ0n) is 9.09. The summed E-state index contributed by atoms with van der Waals surface area (Å²) < 4.78 is 12.6. The summed E-state index contributed by atoms with van der Waals surface area (Å²) in [5.74, 6) is -0.311. The second-order valence-corrected chi connectivity index (χ2v) is 4.00. The van der Waals surface area contributed by atoms with Gasteiger partial charge in [0, 0.05) is 6.42 Å². The summed E-state index contributed by atoms with van der Waals surface area (Å²) >= 11 is 0. The average Bonchev–Trinajstić information content (AvgIpc) is 2.21. The van der Waals surface area contributed by atoms with Crippen LogP contribution in [-0.2, 0) is 11.2 Å². The lowest BCUT2D eigenvalue weighted by atomic mass is 9.90. The Morgan fingerprint density at radius 2 is 1.93 bits per heavy atom. The van der Waals surface area contributed by atoms with Crippen LogP contribution in [0, 0.1) is 5.82 Å². The third kappa shape index (κ3) is 3.13. The number of ketones is 1. The van der Waals surface area contributed by atoms with Crippen LogP contribution >= 0.6 is 0 Å². The standard InChI is InChI=1S/C12H16FNO/c1-3-12(2,14)11(15)8-9-4-6-10(13)7-5-9/h4-7H,3,8,14H2,1-2H3. The van der Waals surface area contributed by atoms with E-state index in [4.69, 9.17) is 5.73 Å². The number of hydrogen-bond acceptors (Lipinski definition) is 2. The van der Waals surface area contributed by atoms with Crippen LogP contribution in [0.25, 0.3) is 0 Å². The Labute approximate surface area is 89.3 Å². The van der Waals surface area contributed by atoms with Crippen molar-refractivity contribution in [2.75, 3.05) is 0 Å². The smallest absolute Gasteiger partial charge is 0.156 e. The lowest BCUT2D eigenvalue weighted by Crippen LogP contribution is -2.45. The second-order valence-electron chi connectivity index (χ2n) is 4.00. The molecule has 0 saturated heterocycles. The lowest BCUT2D eigenvalue weighted by molar-refractivity contribution is -0.123. The van der Waals surface area contributed by atoms with Gasteiger partial charge in [-0.05, 0) is 31.0 Å². The van der Waals surface area contributed by atoms with E-state index in [1.807, 2.05) is 6.92 Å². The molecule has 1 unspecified atom stereocenters. The van der Waals surface area contributed by atoms with Gasteiger partial charge in [-0.3, -0.25) is 4.79 Å². The van der Waals surface area contributed by atoms with Crippen molar-refractivity contribution in [1.82, 2.24) is 0 Å². The van der Waals surface area contributed by atoms with E-state index in [0.29, 0.717) is 6.42 Å². The van der Waals surface area contributed by atoms with Crippen molar-refractivity contribution in [3.63, 3.8) is 0 Å². The van der Waals surface area contributed by atoms with Gasteiger partial charge in [0.1, 0.15) is 5.82 Å². The van der Waals surface area contributed by atoms with Crippen LogP contribution < -0.4 is 5.73 Å². The third-order valence-electron chi connectivity index (χ3n) is 2.65. The third-order valence-corrected chi connectivity index (χ3v) is 2.65. The van der Waals surface area contributed by atoms with Crippen molar-refractivity contribution in [3.8, 4) is 0 Å². The SMILES string of the molecule is CCC(C)(N)C(=O)Cc1ccc(F)cc1. The van der Waals surface area contributed by atoms with Crippen LogP contribution in [0.4, 0.5) is 4.39 Å². The monoisotopic (exact) mass is 209 g/mol. The molecule has 1 atom stereocenters. The number of nitrogens with two attached hydrogens (primary N) is 1. The van der Waals surface area contributed by atoms with Gasteiger partial charge in [0.05, 0.1) is 5.54 Å². The van der Waals surface area contributed by atoms with Crippen LogP contribution in [0.5, 0.6) is 0 Å². The van der Waals surface area contributed by atoms with Gasteiger partial charge in [-0.15, -0.1) is 0 Å². The molecule has 0 aromatic heterocycles. The Bertz CT molecular complexity index is 343. The molecule has 0 amide bonds. The molecule has 0 aliphatic heterocycles. The Kier molecular flexibility index (Phi) is 3.58. The van der Waals surface area contributed by atoms with Gasteiger partial charge in [0.15, 0.2) is 5.78 Å². The number of halogens is 1. The number of Topliss-reactive ketones (excluding diaryl/α,β-unsaturated/α-hetero) is 1. The van der Waals surface area contributed by atoms with Gasteiger partial charge in [-0.2, -0.15) is 0 Å². The maximum atomic E-state index is 12.6. The highest BCUT2D eigenvalue weighted by Crippen LogP contribution is 2.11. The molecule has 1 aromatic rings. The number of rotatable bonds is 4. The molecule has 2 N–H and O–H groups in total. The Morgan fingerprint density at radius 1 is 1.40 bits per heavy atom. The van der Waals surface area contributed by atoms with Crippen LogP contribution in [0.1, 0.15) is 25.8 Å². The molecule has 0 radical (unpaired) electrons. The minimum atomic E-state index is -0.783. The number of carbonyl (C=O) groups excluding carboxylic acids is 1. The van der Waals surface area contributed by atoms with E-state index in [2.05, 4.69) is 0 Å². The predicted octanol–water partition coefficient (Wildman–Crippen LogP) is 2.06. The fourth-order valence-electron chi connectivity index (χ4n) is 1.19. The molecule has 0 aliphatic carbocycles. The lowest BCUT2D eigenvalue weighted by Gasteiger charge is -2.20. The summed E-state index contributed by atoms with van der Waals surface area (Å²) in [6.07, 6.45) is 0.869. The molecule has 0 saturated carbocycles. The topological polar surface area (TPSA) is 43.1 Å². The summed E-state index contributed by atoms with van der Waals surface area (Å²) in [6, 6.07) is 5.92. The highest BCUT2D eigenvalue weighted by atomic mass is 19.1. The maximum absolute atomic E-state index is 12.6. The first-order valence-electron chi connectivity index (χ1n) is 5.02. The molecular formula is C12H16FNO. The van der Waals surface area contributed by atoms with Gasteiger partial charge in [0.25, 0.3) is 0 Å². The highest BCUT2D eigenvalue weighted by Gasteiger charge is 2.25. The number of benzene rings is 1. The first kappa shape index (κ1) is 11.9. The van der Waals surface area contributed by atoms with Crippen LogP contribution in [0.2, 0.25) is 0 Å². The van der Waals surface area contributed by atoms with E-state index in [0.717, 1.165) is 5.56 Å². The molecule has 0 heterocycles. The molecule has 1 rings (SSSR count).